The van der Waals surface area contributed by atoms with Crippen molar-refractivity contribution in [1.29, 1.82) is 0 Å². The van der Waals surface area contributed by atoms with E-state index in [1.54, 1.807) is 4.57 Å². The summed E-state index contributed by atoms with van der Waals surface area (Å²) >= 11 is 0. The van der Waals surface area contributed by atoms with Gasteiger partial charge in [-0.3, -0.25) is 4.79 Å². The van der Waals surface area contributed by atoms with Crippen LogP contribution in [0.15, 0.2) is 17.1 Å². The van der Waals surface area contributed by atoms with E-state index in [0.29, 0.717) is 41.7 Å². The third kappa shape index (κ3) is 2.85. The molecule has 3 aliphatic rings. The molecule has 1 aliphatic carbocycles. The predicted molar refractivity (Wildman–Crippen MR) is 105 cm³/mol. The Kier molecular flexibility index (Phi) is 4.03. The van der Waals surface area contributed by atoms with Crippen LogP contribution in [-0.4, -0.2) is 42.0 Å². The third-order valence-electron chi connectivity index (χ3n) is 6.20. The average Bonchev–Trinajstić information content (AvgIpc) is 3.30. The predicted octanol–water partition coefficient (Wildman–Crippen LogP) is 2.17. The first-order valence-electron chi connectivity index (χ1n) is 9.72. The maximum absolute atomic E-state index is 15.3. The highest BCUT2D eigenvalue weighted by Crippen LogP contribution is 2.42. The van der Waals surface area contributed by atoms with E-state index in [0.717, 1.165) is 25.9 Å². The number of carboxylic acid groups (broad SMARTS) is 1. The summed E-state index contributed by atoms with van der Waals surface area (Å²) in [6.45, 7) is 3.24. The van der Waals surface area contributed by atoms with Gasteiger partial charge in [0.15, 0.2) is 5.75 Å². The fraction of sp³-hybridized carbons (Fsp3) is 0.429. The standard InChI is InChI=1S/C21H20FN3O4/c1-2-14-18-15(20(26)17(29-21(27)28)10-25(18)13-3-4-13)5-16(22)19(14)24-8-11-6-23-7-12(11)9-24/h1,5,10-13,23H,3-4,6-9H2,(H,27,28). The number of anilines is 1. The number of aromatic nitrogens is 1. The lowest BCUT2D eigenvalue weighted by molar-refractivity contribution is 0.143. The molecule has 3 heterocycles. The minimum absolute atomic E-state index is 0.0471. The van der Waals surface area contributed by atoms with E-state index in [1.165, 1.54) is 12.3 Å². The molecule has 1 saturated carbocycles. The van der Waals surface area contributed by atoms with Crippen LogP contribution in [0, 0.1) is 30.0 Å². The molecular weight excluding hydrogens is 377 g/mol. The zero-order valence-corrected chi connectivity index (χ0v) is 15.7. The molecule has 0 radical (unpaired) electrons. The lowest BCUT2D eigenvalue weighted by atomic mass is 10.0. The number of nitrogens with zero attached hydrogens (tertiary/aromatic N) is 2. The van der Waals surface area contributed by atoms with E-state index in [4.69, 9.17) is 11.5 Å². The van der Waals surface area contributed by atoms with Gasteiger partial charge in [-0.05, 0) is 30.7 Å². The Hall–Kier alpha value is -3.05. The molecule has 29 heavy (non-hydrogen) atoms. The number of rotatable bonds is 3. The number of carbonyl (C=O) groups is 1. The number of ether oxygens (including phenoxy) is 1. The summed E-state index contributed by atoms with van der Waals surface area (Å²) in [6, 6.07) is 1.26. The van der Waals surface area contributed by atoms with Crippen LogP contribution >= 0.6 is 0 Å². The number of terminal acetylenes is 1. The topological polar surface area (TPSA) is 83.8 Å². The zero-order valence-electron chi connectivity index (χ0n) is 15.7. The molecule has 2 N–H and O–H groups in total. The van der Waals surface area contributed by atoms with Gasteiger partial charge in [-0.1, -0.05) is 5.92 Å². The van der Waals surface area contributed by atoms with E-state index >= 15 is 4.39 Å². The van der Waals surface area contributed by atoms with Gasteiger partial charge in [0.25, 0.3) is 0 Å². The van der Waals surface area contributed by atoms with Gasteiger partial charge < -0.3 is 24.6 Å². The smallest absolute Gasteiger partial charge is 0.449 e. The van der Waals surface area contributed by atoms with E-state index in [2.05, 4.69) is 16.0 Å². The van der Waals surface area contributed by atoms with Gasteiger partial charge in [-0.25, -0.2) is 9.18 Å². The monoisotopic (exact) mass is 397 g/mol. The van der Waals surface area contributed by atoms with E-state index in [9.17, 15) is 9.59 Å². The number of halogens is 1. The van der Waals surface area contributed by atoms with Gasteiger partial charge in [0.2, 0.25) is 5.43 Å². The van der Waals surface area contributed by atoms with Crippen molar-refractivity contribution in [2.75, 3.05) is 31.1 Å². The van der Waals surface area contributed by atoms with Gasteiger partial charge in [0, 0.05) is 32.2 Å². The second-order valence-electron chi connectivity index (χ2n) is 8.03. The van der Waals surface area contributed by atoms with Crippen LogP contribution in [0.1, 0.15) is 24.4 Å². The Labute approximate surface area is 166 Å². The number of nitrogens with one attached hydrogen (secondary N) is 1. The molecule has 1 aromatic heterocycles. The molecule has 7 nitrogen and oxygen atoms in total. The van der Waals surface area contributed by atoms with Gasteiger partial charge in [-0.15, -0.1) is 6.42 Å². The molecular formula is C21H20FN3O4. The summed E-state index contributed by atoms with van der Waals surface area (Å²) in [5.41, 5.74) is 0.502. The molecule has 2 saturated heterocycles. The molecule has 8 heteroatoms. The van der Waals surface area contributed by atoms with Gasteiger partial charge >= 0.3 is 6.16 Å². The molecule has 2 unspecified atom stereocenters. The highest BCUT2D eigenvalue weighted by atomic mass is 19.1. The van der Waals surface area contributed by atoms with E-state index < -0.39 is 17.4 Å². The number of benzene rings is 1. The minimum Gasteiger partial charge on any atom is -0.449 e. The third-order valence-corrected chi connectivity index (χ3v) is 6.20. The van der Waals surface area contributed by atoms with Gasteiger partial charge in [-0.2, -0.15) is 0 Å². The first-order chi connectivity index (χ1) is 14.0. The number of fused-ring (bicyclic) bond motifs is 2. The van der Waals surface area contributed by atoms with Crippen molar-refractivity contribution in [1.82, 2.24) is 9.88 Å². The van der Waals surface area contributed by atoms with Crippen molar-refractivity contribution in [2.45, 2.75) is 18.9 Å². The van der Waals surface area contributed by atoms with Crippen LogP contribution in [0.25, 0.3) is 10.9 Å². The largest absolute Gasteiger partial charge is 0.511 e. The van der Waals surface area contributed by atoms with Crippen LogP contribution in [0.3, 0.4) is 0 Å². The molecule has 2 aliphatic heterocycles. The Morgan fingerprint density at radius 3 is 2.59 bits per heavy atom. The highest BCUT2D eigenvalue weighted by molar-refractivity contribution is 5.92. The summed E-state index contributed by atoms with van der Waals surface area (Å²) < 4.78 is 21.7. The first kappa shape index (κ1) is 18.0. The fourth-order valence-corrected chi connectivity index (χ4v) is 4.74. The van der Waals surface area contributed by atoms with E-state index in [1.807, 2.05) is 4.90 Å². The summed E-state index contributed by atoms with van der Waals surface area (Å²) in [5, 5.41) is 12.4. The molecule has 150 valence electrons. The maximum Gasteiger partial charge on any atom is 0.511 e. The van der Waals surface area contributed by atoms with Crippen molar-refractivity contribution < 1.29 is 19.0 Å². The summed E-state index contributed by atoms with van der Waals surface area (Å²) in [5.74, 6) is 2.62. The zero-order chi connectivity index (χ0) is 20.3. The molecule has 2 aromatic rings. The Morgan fingerprint density at radius 1 is 1.31 bits per heavy atom. The molecule has 2 atom stereocenters. The first-order valence-corrected chi connectivity index (χ1v) is 9.72. The van der Waals surface area contributed by atoms with Crippen molar-refractivity contribution in [3.05, 3.63) is 33.9 Å². The summed E-state index contributed by atoms with van der Waals surface area (Å²) in [4.78, 5) is 25.8. The van der Waals surface area contributed by atoms with Crippen molar-refractivity contribution in [2.24, 2.45) is 11.8 Å². The molecule has 0 bridgehead atoms. The van der Waals surface area contributed by atoms with Gasteiger partial charge in [0.05, 0.1) is 28.4 Å². The SMILES string of the molecule is C#Cc1c(N2CC3CNCC3C2)c(F)cc2c(=O)c(OC(=O)O)cn(C3CC3)c12. The Bertz CT molecular complexity index is 1120. The quantitative estimate of drug-likeness (QED) is 0.610. The lowest BCUT2D eigenvalue weighted by Gasteiger charge is -2.24. The Balaban J connectivity index is 1.73. The molecule has 1 aromatic carbocycles. The number of pyridine rings is 1. The Morgan fingerprint density at radius 2 is 2.00 bits per heavy atom. The molecule has 0 spiro atoms. The number of hydrogen-bond acceptors (Lipinski definition) is 5. The molecule has 3 fully saturated rings. The van der Waals surface area contributed by atoms with Crippen LogP contribution in [0.2, 0.25) is 0 Å². The average molecular weight is 397 g/mol. The minimum atomic E-state index is -1.59. The lowest BCUT2D eigenvalue weighted by Crippen LogP contribution is -2.27. The van der Waals surface area contributed by atoms with Crippen LogP contribution < -0.4 is 20.4 Å². The maximum atomic E-state index is 15.3. The summed E-state index contributed by atoms with van der Waals surface area (Å²) in [7, 11) is 0. The number of hydrogen-bond donors (Lipinski definition) is 2. The second kappa shape index (κ2) is 6.49. The van der Waals surface area contributed by atoms with E-state index in [-0.39, 0.29) is 17.2 Å². The van der Waals surface area contributed by atoms with Crippen molar-refractivity contribution >= 4 is 22.7 Å². The van der Waals surface area contributed by atoms with Crippen LogP contribution in [-0.2, 0) is 0 Å². The van der Waals surface area contributed by atoms with Gasteiger partial charge in [0.1, 0.15) is 5.82 Å². The normalized spacial score (nSPS) is 23.2. The highest BCUT2D eigenvalue weighted by Gasteiger charge is 2.38. The molecule has 5 rings (SSSR count). The van der Waals surface area contributed by atoms with Crippen LogP contribution in [0.5, 0.6) is 5.75 Å². The summed E-state index contributed by atoms with van der Waals surface area (Å²) in [6.07, 6.45) is 7.39. The second-order valence-corrected chi connectivity index (χ2v) is 8.03. The van der Waals surface area contributed by atoms with Crippen molar-refractivity contribution in [3.63, 3.8) is 0 Å². The molecule has 0 amide bonds. The fourth-order valence-electron chi connectivity index (χ4n) is 4.74. The van der Waals surface area contributed by atoms with Crippen molar-refractivity contribution in [3.8, 4) is 18.1 Å². The van der Waals surface area contributed by atoms with Crippen LogP contribution in [0.4, 0.5) is 14.9 Å².